The summed E-state index contributed by atoms with van der Waals surface area (Å²) < 4.78 is 12.5. The van der Waals surface area contributed by atoms with Gasteiger partial charge in [0, 0.05) is 12.1 Å². The van der Waals surface area contributed by atoms with Gasteiger partial charge in [-0.3, -0.25) is 0 Å². The first-order valence-electron chi connectivity index (χ1n) is 2.60. The van der Waals surface area contributed by atoms with Gasteiger partial charge < -0.3 is 0 Å². The Bertz CT molecular complexity index is 239. The SMILES string of the molecule is Fc1cc(CCl)cnc1Cl. The minimum Gasteiger partial charge on any atom is -0.241 e. The molecule has 1 heterocycles. The fourth-order valence-corrected chi connectivity index (χ4v) is 0.783. The number of alkyl halides is 1. The van der Waals surface area contributed by atoms with E-state index in [1.807, 2.05) is 0 Å². The average molecular weight is 180 g/mol. The summed E-state index contributed by atoms with van der Waals surface area (Å²) in [6, 6.07) is 1.27. The van der Waals surface area contributed by atoms with E-state index in [0.29, 0.717) is 5.56 Å². The van der Waals surface area contributed by atoms with Crippen LogP contribution in [-0.2, 0) is 5.88 Å². The van der Waals surface area contributed by atoms with Gasteiger partial charge in [-0.1, -0.05) is 11.6 Å². The molecule has 1 aromatic heterocycles. The van der Waals surface area contributed by atoms with Gasteiger partial charge in [0.15, 0.2) is 11.0 Å². The van der Waals surface area contributed by atoms with Gasteiger partial charge in [0.1, 0.15) is 0 Å². The molecule has 0 aliphatic heterocycles. The molecular weight excluding hydrogens is 176 g/mol. The number of hydrogen-bond acceptors (Lipinski definition) is 1. The van der Waals surface area contributed by atoms with Crippen molar-refractivity contribution in [2.75, 3.05) is 0 Å². The molecule has 4 heteroatoms. The molecule has 0 amide bonds. The number of rotatable bonds is 1. The Labute approximate surface area is 67.8 Å². The highest BCUT2D eigenvalue weighted by molar-refractivity contribution is 6.29. The van der Waals surface area contributed by atoms with Gasteiger partial charge in [0.25, 0.3) is 0 Å². The monoisotopic (exact) mass is 179 g/mol. The molecule has 0 aliphatic carbocycles. The van der Waals surface area contributed by atoms with Gasteiger partial charge in [-0.25, -0.2) is 9.37 Å². The molecule has 0 saturated carbocycles. The van der Waals surface area contributed by atoms with E-state index in [2.05, 4.69) is 4.98 Å². The summed E-state index contributed by atoms with van der Waals surface area (Å²) >= 11 is 10.7. The number of hydrogen-bond donors (Lipinski definition) is 0. The summed E-state index contributed by atoms with van der Waals surface area (Å²) in [6.07, 6.45) is 1.44. The van der Waals surface area contributed by atoms with Crippen LogP contribution in [0.2, 0.25) is 5.15 Å². The summed E-state index contributed by atoms with van der Waals surface area (Å²) in [6.45, 7) is 0. The summed E-state index contributed by atoms with van der Waals surface area (Å²) in [7, 11) is 0. The van der Waals surface area contributed by atoms with Crippen LogP contribution in [0.3, 0.4) is 0 Å². The van der Waals surface area contributed by atoms with Crippen LogP contribution in [0.1, 0.15) is 5.56 Å². The van der Waals surface area contributed by atoms with Crippen LogP contribution in [0.25, 0.3) is 0 Å². The highest BCUT2D eigenvalue weighted by Crippen LogP contribution is 2.12. The molecule has 0 aromatic carbocycles. The average Bonchev–Trinajstić information content (AvgIpc) is 1.95. The fourth-order valence-electron chi connectivity index (χ4n) is 0.534. The molecule has 1 aromatic rings. The Kier molecular flexibility index (Phi) is 2.46. The molecule has 0 N–H and O–H groups in total. The Hall–Kier alpha value is -0.340. The van der Waals surface area contributed by atoms with Crippen LogP contribution in [0.15, 0.2) is 12.3 Å². The molecule has 1 rings (SSSR count). The van der Waals surface area contributed by atoms with Crippen LogP contribution < -0.4 is 0 Å². The van der Waals surface area contributed by atoms with Crippen molar-refractivity contribution in [3.63, 3.8) is 0 Å². The summed E-state index contributed by atoms with van der Waals surface area (Å²) in [5.41, 5.74) is 0.628. The standard InChI is InChI=1S/C6H4Cl2FN/c7-2-4-1-5(9)6(8)10-3-4/h1,3H,2H2. The first-order valence-corrected chi connectivity index (χ1v) is 3.51. The molecule has 0 saturated heterocycles. The second-order valence-corrected chi connectivity index (χ2v) is 2.38. The van der Waals surface area contributed by atoms with Gasteiger partial charge in [-0.05, 0) is 11.6 Å². The minimum absolute atomic E-state index is 0.117. The van der Waals surface area contributed by atoms with Crippen LogP contribution in [0, 0.1) is 5.82 Å². The Morgan fingerprint density at radius 3 is 2.80 bits per heavy atom. The third-order valence-electron chi connectivity index (χ3n) is 1.01. The lowest BCUT2D eigenvalue weighted by molar-refractivity contribution is 0.620. The topological polar surface area (TPSA) is 12.9 Å². The second-order valence-electron chi connectivity index (χ2n) is 1.75. The van der Waals surface area contributed by atoms with Crippen LogP contribution in [0.5, 0.6) is 0 Å². The van der Waals surface area contributed by atoms with Crippen LogP contribution in [0.4, 0.5) is 4.39 Å². The molecule has 0 fully saturated rings. The van der Waals surface area contributed by atoms with Crippen molar-refractivity contribution in [2.24, 2.45) is 0 Å². The zero-order valence-electron chi connectivity index (χ0n) is 4.94. The Morgan fingerprint density at radius 2 is 2.30 bits per heavy atom. The zero-order chi connectivity index (χ0) is 7.56. The molecule has 0 radical (unpaired) electrons. The minimum atomic E-state index is -0.528. The number of pyridine rings is 1. The zero-order valence-corrected chi connectivity index (χ0v) is 6.45. The molecule has 1 nitrogen and oxygen atoms in total. The van der Waals surface area contributed by atoms with Crippen molar-refractivity contribution in [1.29, 1.82) is 0 Å². The predicted octanol–water partition coefficient (Wildman–Crippen LogP) is 2.61. The van der Waals surface area contributed by atoms with Crippen molar-refractivity contribution in [2.45, 2.75) is 5.88 Å². The summed E-state index contributed by atoms with van der Waals surface area (Å²) in [5, 5.41) is -0.117. The van der Waals surface area contributed by atoms with E-state index < -0.39 is 5.82 Å². The molecular formula is C6H4Cl2FN. The van der Waals surface area contributed by atoms with E-state index in [1.54, 1.807) is 0 Å². The van der Waals surface area contributed by atoms with Crippen molar-refractivity contribution >= 4 is 23.2 Å². The van der Waals surface area contributed by atoms with Crippen molar-refractivity contribution in [3.05, 3.63) is 28.8 Å². The summed E-state index contributed by atoms with van der Waals surface area (Å²) in [4.78, 5) is 3.56. The lowest BCUT2D eigenvalue weighted by atomic mass is 10.3. The third-order valence-corrected chi connectivity index (χ3v) is 1.59. The first-order chi connectivity index (χ1) is 4.74. The molecule has 0 spiro atoms. The highest BCUT2D eigenvalue weighted by Gasteiger charge is 2.00. The molecule has 54 valence electrons. The van der Waals surface area contributed by atoms with Crippen LogP contribution >= 0.6 is 23.2 Å². The van der Waals surface area contributed by atoms with Gasteiger partial charge in [-0.2, -0.15) is 0 Å². The molecule has 0 bridgehead atoms. The van der Waals surface area contributed by atoms with Gasteiger partial charge in [0.2, 0.25) is 0 Å². The second kappa shape index (κ2) is 3.17. The maximum absolute atomic E-state index is 12.5. The van der Waals surface area contributed by atoms with E-state index in [4.69, 9.17) is 23.2 Å². The van der Waals surface area contributed by atoms with E-state index >= 15 is 0 Å². The van der Waals surface area contributed by atoms with Gasteiger partial charge in [0.05, 0.1) is 0 Å². The molecule has 10 heavy (non-hydrogen) atoms. The van der Waals surface area contributed by atoms with E-state index in [-0.39, 0.29) is 11.0 Å². The van der Waals surface area contributed by atoms with E-state index in [0.717, 1.165) is 0 Å². The fraction of sp³-hybridized carbons (Fsp3) is 0.167. The largest absolute Gasteiger partial charge is 0.241 e. The predicted molar refractivity (Wildman–Crippen MR) is 38.8 cm³/mol. The summed E-state index contributed by atoms with van der Waals surface area (Å²) in [5.74, 6) is -0.277. The van der Waals surface area contributed by atoms with Crippen molar-refractivity contribution in [1.82, 2.24) is 4.98 Å². The van der Waals surface area contributed by atoms with Crippen molar-refractivity contribution < 1.29 is 4.39 Å². The quantitative estimate of drug-likeness (QED) is 0.478. The Balaban J connectivity index is 3.04. The van der Waals surface area contributed by atoms with Gasteiger partial charge in [-0.15, -0.1) is 11.6 Å². The lowest BCUT2D eigenvalue weighted by Crippen LogP contribution is -1.85. The number of halogens is 3. The molecule has 0 aliphatic rings. The van der Waals surface area contributed by atoms with E-state index in [1.165, 1.54) is 12.3 Å². The van der Waals surface area contributed by atoms with Crippen molar-refractivity contribution in [3.8, 4) is 0 Å². The maximum Gasteiger partial charge on any atom is 0.164 e. The molecule has 0 atom stereocenters. The van der Waals surface area contributed by atoms with E-state index in [9.17, 15) is 4.39 Å². The number of aromatic nitrogens is 1. The highest BCUT2D eigenvalue weighted by atomic mass is 35.5. The molecule has 0 unspecified atom stereocenters. The first kappa shape index (κ1) is 7.76. The van der Waals surface area contributed by atoms with Gasteiger partial charge >= 0.3 is 0 Å². The van der Waals surface area contributed by atoms with Crippen LogP contribution in [-0.4, -0.2) is 4.98 Å². The normalized spacial score (nSPS) is 9.90. The third kappa shape index (κ3) is 1.58. The maximum atomic E-state index is 12.5. The lowest BCUT2D eigenvalue weighted by Gasteiger charge is -1.94. The smallest absolute Gasteiger partial charge is 0.164 e. The Morgan fingerprint density at radius 1 is 1.60 bits per heavy atom. The number of nitrogens with zero attached hydrogens (tertiary/aromatic N) is 1.